The summed E-state index contributed by atoms with van der Waals surface area (Å²) in [4.78, 5) is 13.8. The van der Waals surface area contributed by atoms with Crippen molar-refractivity contribution in [2.24, 2.45) is 33.5 Å². The van der Waals surface area contributed by atoms with Crippen molar-refractivity contribution in [2.75, 3.05) is 25.5 Å². The lowest BCUT2D eigenvalue weighted by Crippen LogP contribution is -2.37. The number of allylic oxidation sites excluding steroid dienone is 1. The number of benzene rings is 2. The standard InChI is InChI=1S/C30H42N6O2/c1-21(2)7-6-18-33-26-14-12-24(13-15-26)29(32)35-34-28(31)20-36(4)30(37)38-27-16-10-23(11-17-27)8-5-9-25-19-22(25)3/h10-17,21,25,33H,3,5-9,18-20H2,1-2,4H3,(H2,31,34)(H2,32,35). The SMILES string of the molecule is C=C1CC1CCCc1ccc(OC(=O)N(C)C/C(N)=N/N=C(\N)c2ccc(NCCCC(C)C)cc2)cc1. The molecule has 8 nitrogen and oxygen atoms in total. The number of hydrogen-bond acceptors (Lipinski definition) is 5. The van der Waals surface area contributed by atoms with Gasteiger partial charge in [0.25, 0.3) is 0 Å². The molecule has 1 aliphatic carbocycles. The second kappa shape index (κ2) is 14.2. The summed E-state index contributed by atoms with van der Waals surface area (Å²) in [6.45, 7) is 9.45. The average Bonchev–Trinajstić information content (AvgIpc) is 3.60. The van der Waals surface area contributed by atoms with Crippen LogP contribution in [0.5, 0.6) is 5.75 Å². The fraction of sp³-hybridized carbons (Fsp3) is 0.433. The number of likely N-dealkylation sites (N-methyl/N-ethyl adjacent to an activating group) is 1. The molecule has 0 spiro atoms. The minimum Gasteiger partial charge on any atom is -0.410 e. The van der Waals surface area contributed by atoms with Crippen molar-refractivity contribution in [2.45, 2.75) is 52.4 Å². The lowest BCUT2D eigenvalue weighted by molar-refractivity contribution is 0.168. The van der Waals surface area contributed by atoms with Gasteiger partial charge in [0.05, 0.1) is 6.54 Å². The lowest BCUT2D eigenvalue weighted by Gasteiger charge is -2.16. The van der Waals surface area contributed by atoms with Gasteiger partial charge in [-0.3, -0.25) is 0 Å². The van der Waals surface area contributed by atoms with E-state index in [9.17, 15) is 4.79 Å². The predicted octanol–water partition coefficient (Wildman–Crippen LogP) is 5.54. The van der Waals surface area contributed by atoms with Crippen LogP contribution in [0.15, 0.2) is 70.9 Å². The lowest BCUT2D eigenvalue weighted by atomic mass is 10.1. The zero-order valence-electron chi connectivity index (χ0n) is 23.0. The molecule has 2 aromatic rings. The molecular formula is C30H42N6O2. The zero-order valence-corrected chi connectivity index (χ0v) is 23.0. The Morgan fingerprint density at radius 3 is 2.42 bits per heavy atom. The van der Waals surface area contributed by atoms with Crippen LogP contribution in [0.2, 0.25) is 0 Å². The molecule has 5 N–H and O–H groups in total. The van der Waals surface area contributed by atoms with Crippen LogP contribution in [0.25, 0.3) is 0 Å². The highest BCUT2D eigenvalue weighted by atomic mass is 16.6. The summed E-state index contributed by atoms with van der Waals surface area (Å²) < 4.78 is 5.45. The van der Waals surface area contributed by atoms with E-state index < -0.39 is 6.09 Å². The van der Waals surface area contributed by atoms with E-state index >= 15 is 0 Å². The third-order valence-corrected chi connectivity index (χ3v) is 6.54. The Hall–Kier alpha value is -3.81. The van der Waals surface area contributed by atoms with Crippen LogP contribution in [0.4, 0.5) is 10.5 Å². The highest BCUT2D eigenvalue weighted by Crippen LogP contribution is 2.39. The molecule has 0 aliphatic heterocycles. The average molecular weight is 519 g/mol. The maximum absolute atomic E-state index is 12.5. The maximum Gasteiger partial charge on any atom is 0.415 e. The van der Waals surface area contributed by atoms with Gasteiger partial charge in [-0.1, -0.05) is 38.1 Å². The van der Waals surface area contributed by atoms with E-state index in [2.05, 4.69) is 35.9 Å². The third-order valence-electron chi connectivity index (χ3n) is 6.54. The molecule has 0 bridgehead atoms. The maximum atomic E-state index is 12.5. The largest absolute Gasteiger partial charge is 0.415 e. The summed E-state index contributed by atoms with van der Waals surface area (Å²) in [6.07, 6.45) is 6.32. The van der Waals surface area contributed by atoms with Crippen LogP contribution in [0.1, 0.15) is 57.1 Å². The molecule has 1 saturated carbocycles. The Morgan fingerprint density at radius 1 is 1.11 bits per heavy atom. The molecule has 0 heterocycles. The van der Waals surface area contributed by atoms with Crippen molar-refractivity contribution >= 4 is 23.5 Å². The number of carbonyl (C=O) groups is 1. The Balaban J connectivity index is 1.42. The van der Waals surface area contributed by atoms with Crippen LogP contribution in [-0.4, -0.2) is 42.8 Å². The highest BCUT2D eigenvalue weighted by molar-refractivity contribution is 5.98. The number of amidine groups is 2. The summed E-state index contributed by atoms with van der Waals surface area (Å²) in [5.41, 5.74) is 16.4. The number of rotatable bonds is 14. The molecule has 0 radical (unpaired) electrons. The molecule has 2 aromatic carbocycles. The molecule has 1 unspecified atom stereocenters. The number of nitrogens with two attached hydrogens (primary N) is 2. The molecule has 0 saturated heterocycles. The number of nitrogens with zero attached hydrogens (tertiary/aromatic N) is 3. The fourth-order valence-electron chi connectivity index (χ4n) is 4.04. The van der Waals surface area contributed by atoms with Crippen molar-refractivity contribution in [3.63, 3.8) is 0 Å². The van der Waals surface area contributed by atoms with Gasteiger partial charge in [-0.2, -0.15) is 0 Å². The number of ether oxygens (including phenoxy) is 1. The van der Waals surface area contributed by atoms with E-state index in [1.54, 1.807) is 7.05 Å². The van der Waals surface area contributed by atoms with Gasteiger partial charge >= 0.3 is 6.09 Å². The molecule has 1 atom stereocenters. The Bertz CT molecular complexity index is 1120. The van der Waals surface area contributed by atoms with Crippen LogP contribution in [0, 0.1) is 11.8 Å². The molecule has 204 valence electrons. The van der Waals surface area contributed by atoms with Gasteiger partial charge < -0.3 is 26.4 Å². The Morgan fingerprint density at radius 2 is 1.79 bits per heavy atom. The van der Waals surface area contributed by atoms with E-state index in [1.807, 2.05) is 48.5 Å². The molecule has 1 aliphatic rings. The van der Waals surface area contributed by atoms with Gasteiger partial charge in [0.2, 0.25) is 0 Å². The predicted molar refractivity (Wildman–Crippen MR) is 157 cm³/mol. The van der Waals surface area contributed by atoms with Crippen molar-refractivity contribution in [1.29, 1.82) is 0 Å². The molecule has 38 heavy (non-hydrogen) atoms. The number of nitrogens with one attached hydrogen (secondary N) is 1. The van der Waals surface area contributed by atoms with Crippen LogP contribution in [-0.2, 0) is 6.42 Å². The first kappa shape index (κ1) is 28.8. The third kappa shape index (κ3) is 9.92. The summed E-state index contributed by atoms with van der Waals surface area (Å²) in [5.74, 6) is 2.30. The molecule has 1 fully saturated rings. The van der Waals surface area contributed by atoms with Crippen LogP contribution >= 0.6 is 0 Å². The fourth-order valence-corrected chi connectivity index (χ4v) is 4.04. The molecule has 3 rings (SSSR count). The Kier molecular flexibility index (Phi) is 10.8. The highest BCUT2D eigenvalue weighted by Gasteiger charge is 2.25. The summed E-state index contributed by atoms with van der Waals surface area (Å²) in [7, 11) is 1.59. The van der Waals surface area contributed by atoms with Crippen molar-refractivity contribution in [1.82, 2.24) is 4.90 Å². The first-order valence-electron chi connectivity index (χ1n) is 13.4. The zero-order chi connectivity index (χ0) is 27.5. The monoisotopic (exact) mass is 518 g/mol. The summed E-state index contributed by atoms with van der Waals surface area (Å²) in [6, 6.07) is 15.3. The summed E-state index contributed by atoms with van der Waals surface area (Å²) >= 11 is 0. The van der Waals surface area contributed by atoms with E-state index in [-0.39, 0.29) is 18.2 Å². The second-order valence-corrected chi connectivity index (χ2v) is 10.4. The quantitative estimate of drug-likeness (QED) is 0.0997. The summed E-state index contributed by atoms with van der Waals surface area (Å²) in [5, 5.41) is 11.4. The number of anilines is 1. The number of carbonyl (C=O) groups excluding carboxylic acids is 1. The molecule has 8 heteroatoms. The van der Waals surface area contributed by atoms with E-state index in [0.29, 0.717) is 11.7 Å². The van der Waals surface area contributed by atoms with Crippen LogP contribution < -0.4 is 21.5 Å². The van der Waals surface area contributed by atoms with Gasteiger partial charge in [-0.05, 0) is 92.3 Å². The van der Waals surface area contributed by atoms with Crippen molar-refractivity contribution < 1.29 is 9.53 Å². The molecule has 0 aromatic heterocycles. The van der Waals surface area contributed by atoms with E-state index in [0.717, 1.165) is 43.0 Å². The number of aryl methyl sites for hydroxylation is 1. The molecular weight excluding hydrogens is 476 g/mol. The van der Waals surface area contributed by atoms with Gasteiger partial charge in [-0.25, -0.2) is 4.79 Å². The number of amides is 1. The van der Waals surface area contributed by atoms with E-state index in [4.69, 9.17) is 16.2 Å². The van der Waals surface area contributed by atoms with Gasteiger partial charge in [0.1, 0.15) is 11.6 Å². The van der Waals surface area contributed by atoms with Gasteiger partial charge in [0.15, 0.2) is 5.84 Å². The second-order valence-electron chi connectivity index (χ2n) is 10.4. The normalized spacial score (nSPS) is 15.5. The van der Waals surface area contributed by atoms with Crippen LogP contribution in [0.3, 0.4) is 0 Å². The first-order valence-corrected chi connectivity index (χ1v) is 13.4. The van der Waals surface area contributed by atoms with E-state index in [1.165, 1.54) is 35.3 Å². The minimum atomic E-state index is -0.531. The van der Waals surface area contributed by atoms with Gasteiger partial charge in [0, 0.05) is 24.8 Å². The topological polar surface area (TPSA) is 118 Å². The molecule has 1 amide bonds. The Labute approximate surface area is 226 Å². The van der Waals surface area contributed by atoms with Crippen molar-refractivity contribution in [3.05, 3.63) is 71.8 Å². The number of hydrogen-bond donors (Lipinski definition) is 3. The van der Waals surface area contributed by atoms with Gasteiger partial charge in [-0.15, -0.1) is 10.2 Å². The van der Waals surface area contributed by atoms with Crippen molar-refractivity contribution in [3.8, 4) is 5.75 Å². The smallest absolute Gasteiger partial charge is 0.410 e. The minimum absolute atomic E-state index is 0.0550. The first-order chi connectivity index (χ1) is 18.2.